The molecule has 1 atom stereocenters. The molecule has 152 valence electrons. The van der Waals surface area contributed by atoms with Crippen LogP contribution in [-0.4, -0.2) is 36.6 Å². The van der Waals surface area contributed by atoms with E-state index in [0.29, 0.717) is 24.5 Å². The van der Waals surface area contributed by atoms with Crippen molar-refractivity contribution in [3.63, 3.8) is 0 Å². The first-order valence-corrected chi connectivity index (χ1v) is 9.60. The number of ether oxygens (including phenoxy) is 1. The number of hydrogen-bond acceptors (Lipinski definition) is 5. The van der Waals surface area contributed by atoms with E-state index in [0.717, 1.165) is 17.0 Å². The molecule has 1 N–H and O–H groups in total. The minimum atomic E-state index is -0.106. The number of nitrogens with zero attached hydrogens (tertiary/aromatic N) is 2. The third-order valence-corrected chi connectivity index (χ3v) is 4.94. The number of rotatable bonds is 8. The summed E-state index contributed by atoms with van der Waals surface area (Å²) in [4.78, 5) is 14.7. The fraction of sp³-hybridized carbons (Fsp3) is 0.304. The molecule has 3 aromatic rings. The van der Waals surface area contributed by atoms with Gasteiger partial charge in [0, 0.05) is 12.1 Å². The number of carbonyl (C=O) groups is 1. The number of benzene rings is 2. The Balaban J connectivity index is 1.57. The zero-order valence-electron chi connectivity index (χ0n) is 17.3. The van der Waals surface area contributed by atoms with E-state index in [2.05, 4.69) is 27.5 Å². The van der Waals surface area contributed by atoms with E-state index in [9.17, 15) is 4.79 Å². The van der Waals surface area contributed by atoms with E-state index in [1.807, 2.05) is 46.1 Å². The molecule has 0 saturated carbocycles. The van der Waals surface area contributed by atoms with Crippen molar-refractivity contribution >= 4 is 5.91 Å². The second-order valence-electron chi connectivity index (χ2n) is 7.22. The van der Waals surface area contributed by atoms with Crippen molar-refractivity contribution in [1.29, 1.82) is 0 Å². The van der Waals surface area contributed by atoms with E-state index in [4.69, 9.17) is 9.26 Å². The number of likely N-dealkylation sites (N-methyl/N-ethyl adjacent to an activating group) is 1. The smallest absolute Gasteiger partial charge is 0.251 e. The van der Waals surface area contributed by atoms with Gasteiger partial charge in [0.05, 0.1) is 17.3 Å². The molecule has 0 fully saturated rings. The number of aryl methyl sites for hydroxylation is 2. The summed E-state index contributed by atoms with van der Waals surface area (Å²) in [7, 11) is 4.02. The van der Waals surface area contributed by atoms with Gasteiger partial charge in [0.1, 0.15) is 18.1 Å². The average Bonchev–Trinajstić information content (AvgIpc) is 3.05. The average molecular weight is 393 g/mol. The Morgan fingerprint density at radius 1 is 1.10 bits per heavy atom. The Morgan fingerprint density at radius 3 is 2.38 bits per heavy atom. The van der Waals surface area contributed by atoms with Crippen LogP contribution in [0.3, 0.4) is 0 Å². The largest absolute Gasteiger partial charge is 0.489 e. The van der Waals surface area contributed by atoms with Crippen LogP contribution in [0, 0.1) is 13.8 Å². The molecule has 0 bridgehead atoms. The summed E-state index contributed by atoms with van der Waals surface area (Å²) < 4.78 is 10.9. The fourth-order valence-corrected chi connectivity index (χ4v) is 3.13. The van der Waals surface area contributed by atoms with Crippen LogP contribution in [0.1, 0.15) is 39.0 Å². The number of aromatic nitrogens is 1. The minimum Gasteiger partial charge on any atom is -0.489 e. The van der Waals surface area contributed by atoms with Crippen molar-refractivity contribution in [3.8, 4) is 5.75 Å². The van der Waals surface area contributed by atoms with Crippen LogP contribution in [0.2, 0.25) is 0 Å². The molecule has 0 aliphatic heterocycles. The van der Waals surface area contributed by atoms with Crippen LogP contribution in [0.25, 0.3) is 0 Å². The molecular formula is C23H27N3O3. The highest BCUT2D eigenvalue weighted by Crippen LogP contribution is 2.19. The molecule has 1 amide bonds. The molecule has 29 heavy (non-hydrogen) atoms. The number of carbonyl (C=O) groups excluding carboxylic acids is 1. The summed E-state index contributed by atoms with van der Waals surface area (Å²) >= 11 is 0. The Morgan fingerprint density at radius 2 is 1.79 bits per heavy atom. The molecule has 0 radical (unpaired) electrons. The highest BCUT2D eigenvalue weighted by Gasteiger charge is 2.16. The molecule has 0 spiro atoms. The zero-order valence-corrected chi connectivity index (χ0v) is 17.3. The van der Waals surface area contributed by atoms with Gasteiger partial charge >= 0.3 is 0 Å². The Labute approximate surface area is 171 Å². The van der Waals surface area contributed by atoms with Crippen LogP contribution in [-0.2, 0) is 6.61 Å². The lowest BCUT2D eigenvalue weighted by molar-refractivity contribution is 0.0942. The quantitative estimate of drug-likeness (QED) is 0.629. The predicted octanol–water partition coefficient (Wildman–Crippen LogP) is 3.90. The third-order valence-electron chi connectivity index (χ3n) is 4.94. The molecular weight excluding hydrogens is 366 g/mol. The summed E-state index contributed by atoms with van der Waals surface area (Å²) in [6.45, 7) is 4.66. The zero-order chi connectivity index (χ0) is 20.8. The van der Waals surface area contributed by atoms with E-state index < -0.39 is 0 Å². The van der Waals surface area contributed by atoms with E-state index in [-0.39, 0.29) is 11.9 Å². The maximum atomic E-state index is 12.6. The Bertz CT molecular complexity index is 914. The maximum Gasteiger partial charge on any atom is 0.251 e. The van der Waals surface area contributed by atoms with Crippen molar-refractivity contribution in [2.45, 2.75) is 26.5 Å². The summed E-state index contributed by atoms with van der Waals surface area (Å²) in [6.07, 6.45) is 0. The molecule has 1 unspecified atom stereocenters. The number of hydrogen-bond donors (Lipinski definition) is 1. The van der Waals surface area contributed by atoms with Crippen LogP contribution >= 0.6 is 0 Å². The first kappa shape index (κ1) is 20.6. The van der Waals surface area contributed by atoms with Crippen LogP contribution in [0.5, 0.6) is 5.75 Å². The summed E-state index contributed by atoms with van der Waals surface area (Å²) in [5.41, 5.74) is 3.54. The third kappa shape index (κ3) is 5.23. The second-order valence-corrected chi connectivity index (χ2v) is 7.22. The molecule has 6 nitrogen and oxygen atoms in total. The summed E-state index contributed by atoms with van der Waals surface area (Å²) in [5.74, 6) is 1.34. The summed E-state index contributed by atoms with van der Waals surface area (Å²) in [5, 5.41) is 6.95. The number of amides is 1. The van der Waals surface area contributed by atoms with Crippen LogP contribution in [0.4, 0.5) is 0 Å². The van der Waals surface area contributed by atoms with Gasteiger partial charge in [-0.05, 0) is 57.8 Å². The monoisotopic (exact) mass is 393 g/mol. The van der Waals surface area contributed by atoms with Gasteiger partial charge in [0.25, 0.3) is 5.91 Å². The Hall–Kier alpha value is -3.12. The highest BCUT2D eigenvalue weighted by atomic mass is 16.5. The van der Waals surface area contributed by atoms with Crippen molar-refractivity contribution in [2.75, 3.05) is 20.6 Å². The molecule has 0 aliphatic carbocycles. The fourth-order valence-electron chi connectivity index (χ4n) is 3.13. The highest BCUT2D eigenvalue weighted by molar-refractivity contribution is 5.94. The van der Waals surface area contributed by atoms with E-state index >= 15 is 0 Å². The maximum absolute atomic E-state index is 12.6. The standard InChI is InChI=1S/C23H27N3O3/c1-16-21(17(2)29-25-16)15-28-20-12-10-19(11-13-20)23(27)24-14-22(26(3)4)18-8-6-5-7-9-18/h5-13,22H,14-15H2,1-4H3,(H,24,27). The van der Waals surface area contributed by atoms with Gasteiger partial charge in [0.15, 0.2) is 0 Å². The molecule has 0 aliphatic rings. The Kier molecular flexibility index (Phi) is 6.67. The first-order chi connectivity index (χ1) is 14.0. The molecule has 0 saturated heterocycles. The first-order valence-electron chi connectivity index (χ1n) is 9.60. The van der Waals surface area contributed by atoms with Gasteiger partial charge in [0.2, 0.25) is 0 Å². The normalized spacial score (nSPS) is 12.0. The molecule has 3 rings (SSSR count). The van der Waals surface area contributed by atoms with Gasteiger partial charge in [-0.1, -0.05) is 35.5 Å². The van der Waals surface area contributed by atoms with Gasteiger partial charge in [-0.25, -0.2) is 0 Å². The minimum absolute atomic E-state index is 0.106. The van der Waals surface area contributed by atoms with Crippen LogP contribution in [0.15, 0.2) is 59.1 Å². The van der Waals surface area contributed by atoms with Crippen molar-refractivity contribution in [2.24, 2.45) is 0 Å². The van der Waals surface area contributed by atoms with Crippen molar-refractivity contribution < 1.29 is 14.1 Å². The van der Waals surface area contributed by atoms with E-state index in [1.165, 1.54) is 5.56 Å². The lowest BCUT2D eigenvalue weighted by Crippen LogP contribution is -2.34. The molecule has 6 heteroatoms. The summed E-state index contributed by atoms with van der Waals surface area (Å²) in [6, 6.07) is 17.4. The SMILES string of the molecule is Cc1noc(C)c1COc1ccc(C(=O)NCC(c2ccccc2)N(C)C)cc1. The van der Waals surface area contributed by atoms with Gasteiger partial charge in [-0.15, -0.1) is 0 Å². The lowest BCUT2D eigenvalue weighted by Gasteiger charge is -2.25. The van der Waals surface area contributed by atoms with Crippen LogP contribution < -0.4 is 10.1 Å². The topological polar surface area (TPSA) is 67.6 Å². The van der Waals surface area contributed by atoms with E-state index in [1.54, 1.807) is 24.3 Å². The van der Waals surface area contributed by atoms with Gasteiger partial charge in [-0.3, -0.25) is 4.79 Å². The number of nitrogens with one attached hydrogen (secondary N) is 1. The van der Waals surface area contributed by atoms with Crippen molar-refractivity contribution in [3.05, 3.63) is 82.7 Å². The second kappa shape index (κ2) is 9.39. The predicted molar refractivity (Wildman–Crippen MR) is 112 cm³/mol. The molecule has 1 aromatic heterocycles. The van der Waals surface area contributed by atoms with Gasteiger partial charge in [-0.2, -0.15) is 0 Å². The van der Waals surface area contributed by atoms with Crippen molar-refractivity contribution in [1.82, 2.24) is 15.4 Å². The van der Waals surface area contributed by atoms with Gasteiger partial charge < -0.3 is 19.5 Å². The molecule has 1 heterocycles. The lowest BCUT2D eigenvalue weighted by atomic mass is 10.1. The molecule has 2 aromatic carbocycles.